The Morgan fingerprint density at radius 3 is 2.88 bits per heavy atom. The molecule has 1 aliphatic rings. The van der Waals surface area contributed by atoms with Gasteiger partial charge < -0.3 is 15.4 Å². The smallest absolute Gasteiger partial charge is 0.276 e. The number of aromatic amines is 1. The minimum atomic E-state index is -0.185. The number of hydrogen-bond acceptors (Lipinski definition) is 4. The molecule has 1 amide bonds. The van der Waals surface area contributed by atoms with E-state index in [0.717, 1.165) is 54.2 Å². The maximum atomic E-state index is 12.5. The number of rotatable bonds is 4. The number of H-pyrrole nitrogens is 1. The first-order valence-electron chi connectivity index (χ1n) is 8.38. The molecule has 1 saturated heterocycles. The number of amides is 1. The SMILES string of the molecule is CCc1[nH]nc(C(=O)Nc2ccc(C3CNCCO3)cc2C)c1C. The number of nitrogens with zero attached hydrogens (tertiary/aromatic N) is 1. The molecule has 1 aromatic heterocycles. The second-order valence-electron chi connectivity index (χ2n) is 6.12. The number of carbonyl (C=O) groups excluding carboxylic acids is 1. The standard InChI is InChI=1S/C18H24N4O2/c1-4-14-12(3)17(22-21-14)18(23)20-15-6-5-13(9-11(15)2)16-10-19-7-8-24-16/h5-6,9,16,19H,4,7-8,10H2,1-3H3,(H,20,23)(H,21,22). The van der Waals surface area contributed by atoms with Gasteiger partial charge in [0, 0.05) is 30.0 Å². The lowest BCUT2D eigenvalue weighted by molar-refractivity contribution is 0.0277. The van der Waals surface area contributed by atoms with Crippen molar-refractivity contribution in [2.75, 3.05) is 25.0 Å². The summed E-state index contributed by atoms with van der Waals surface area (Å²) in [6.07, 6.45) is 0.901. The van der Waals surface area contributed by atoms with Crippen molar-refractivity contribution >= 4 is 11.6 Å². The predicted molar refractivity (Wildman–Crippen MR) is 93.4 cm³/mol. The summed E-state index contributed by atoms with van der Waals surface area (Å²) in [6.45, 7) is 8.38. The van der Waals surface area contributed by atoms with Crippen LogP contribution >= 0.6 is 0 Å². The fraction of sp³-hybridized carbons (Fsp3) is 0.444. The van der Waals surface area contributed by atoms with Gasteiger partial charge in [0.2, 0.25) is 0 Å². The van der Waals surface area contributed by atoms with E-state index >= 15 is 0 Å². The van der Waals surface area contributed by atoms with E-state index < -0.39 is 0 Å². The molecule has 1 aliphatic heterocycles. The first-order valence-corrected chi connectivity index (χ1v) is 8.38. The number of hydrogen-bond donors (Lipinski definition) is 3. The molecule has 1 fully saturated rings. The molecular formula is C18H24N4O2. The van der Waals surface area contributed by atoms with Crippen molar-refractivity contribution in [3.05, 3.63) is 46.3 Å². The predicted octanol–water partition coefficient (Wildman–Crippen LogP) is 2.50. The fourth-order valence-electron chi connectivity index (χ4n) is 2.99. The average Bonchev–Trinajstić information content (AvgIpc) is 2.98. The molecule has 128 valence electrons. The summed E-state index contributed by atoms with van der Waals surface area (Å²) >= 11 is 0. The van der Waals surface area contributed by atoms with Crippen molar-refractivity contribution in [2.24, 2.45) is 0 Å². The summed E-state index contributed by atoms with van der Waals surface area (Å²) in [5.74, 6) is -0.185. The third-order valence-corrected chi connectivity index (χ3v) is 4.48. The van der Waals surface area contributed by atoms with Gasteiger partial charge in [-0.2, -0.15) is 5.10 Å². The number of carbonyl (C=O) groups is 1. The molecule has 0 spiro atoms. The van der Waals surface area contributed by atoms with Gasteiger partial charge in [0.1, 0.15) is 0 Å². The molecule has 2 aromatic rings. The Morgan fingerprint density at radius 1 is 1.42 bits per heavy atom. The monoisotopic (exact) mass is 328 g/mol. The molecule has 0 bridgehead atoms. The first-order chi connectivity index (χ1) is 11.6. The van der Waals surface area contributed by atoms with Crippen molar-refractivity contribution in [3.8, 4) is 0 Å². The number of morpholine rings is 1. The fourth-order valence-corrected chi connectivity index (χ4v) is 2.99. The van der Waals surface area contributed by atoms with E-state index in [4.69, 9.17) is 4.74 Å². The molecule has 2 heterocycles. The number of anilines is 1. The van der Waals surface area contributed by atoms with Crippen LogP contribution < -0.4 is 10.6 Å². The van der Waals surface area contributed by atoms with Crippen LogP contribution in [0.1, 0.15) is 45.9 Å². The lowest BCUT2D eigenvalue weighted by atomic mass is 10.0. The highest BCUT2D eigenvalue weighted by atomic mass is 16.5. The first kappa shape index (κ1) is 16.7. The van der Waals surface area contributed by atoms with Crippen LogP contribution in [0.15, 0.2) is 18.2 Å². The van der Waals surface area contributed by atoms with Gasteiger partial charge in [-0.15, -0.1) is 0 Å². The molecule has 0 aliphatic carbocycles. The van der Waals surface area contributed by atoms with E-state index in [1.807, 2.05) is 32.9 Å². The minimum Gasteiger partial charge on any atom is -0.371 e. The van der Waals surface area contributed by atoms with Crippen LogP contribution in [0.5, 0.6) is 0 Å². The van der Waals surface area contributed by atoms with Gasteiger partial charge in [0.25, 0.3) is 5.91 Å². The van der Waals surface area contributed by atoms with Gasteiger partial charge >= 0.3 is 0 Å². The zero-order valence-electron chi connectivity index (χ0n) is 14.4. The third kappa shape index (κ3) is 3.34. The van der Waals surface area contributed by atoms with Crippen molar-refractivity contribution in [2.45, 2.75) is 33.3 Å². The molecular weight excluding hydrogens is 304 g/mol. The lowest BCUT2D eigenvalue weighted by Gasteiger charge is -2.24. The number of aromatic nitrogens is 2. The summed E-state index contributed by atoms with van der Waals surface area (Å²) in [6, 6.07) is 6.01. The third-order valence-electron chi connectivity index (χ3n) is 4.48. The number of nitrogens with one attached hydrogen (secondary N) is 3. The maximum Gasteiger partial charge on any atom is 0.276 e. The quantitative estimate of drug-likeness (QED) is 0.806. The van der Waals surface area contributed by atoms with Gasteiger partial charge in [0.15, 0.2) is 5.69 Å². The summed E-state index contributed by atoms with van der Waals surface area (Å²) < 4.78 is 5.78. The van der Waals surface area contributed by atoms with E-state index in [2.05, 4.69) is 26.9 Å². The van der Waals surface area contributed by atoms with E-state index in [1.54, 1.807) is 0 Å². The molecule has 0 radical (unpaired) electrons. The van der Waals surface area contributed by atoms with Crippen LogP contribution in [0, 0.1) is 13.8 Å². The number of ether oxygens (including phenoxy) is 1. The zero-order valence-corrected chi connectivity index (χ0v) is 14.4. The lowest BCUT2D eigenvalue weighted by Crippen LogP contribution is -2.33. The Labute approximate surface area is 142 Å². The molecule has 1 atom stereocenters. The topological polar surface area (TPSA) is 79.0 Å². The molecule has 3 rings (SSSR count). The largest absolute Gasteiger partial charge is 0.371 e. The van der Waals surface area contributed by atoms with E-state index in [9.17, 15) is 4.79 Å². The highest BCUT2D eigenvalue weighted by molar-refractivity contribution is 6.04. The molecule has 6 nitrogen and oxygen atoms in total. The van der Waals surface area contributed by atoms with Gasteiger partial charge in [-0.1, -0.05) is 19.1 Å². The van der Waals surface area contributed by atoms with Crippen molar-refractivity contribution in [1.82, 2.24) is 15.5 Å². The molecule has 6 heteroatoms. The molecule has 0 saturated carbocycles. The van der Waals surface area contributed by atoms with Crippen LogP contribution in [-0.2, 0) is 11.2 Å². The minimum absolute atomic E-state index is 0.0721. The summed E-state index contributed by atoms with van der Waals surface area (Å²) in [4.78, 5) is 12.5. The van der Waals surface area contributed by atoms with E-state index in [0.29, 0.717) is 5.69 Å². The van der Waals surface area contributed by atoms with Crippen LogP contribution in [0.25, 0.3) is 0 Å². The molecule has 24 heavy (non-hydrogen) atoms. The molecule has 3 N–H and O–H groups in total. The second kappa shape index (κ2) is 7.15. The van der Waals surface area contributed by atoms with Gasteiger partial charge in [-0.3, -0.25) is 9.89 Å². The number of aryl methyl sites for hydroxylation is 2. The highest BCUT2D eigenvalue weighted by Gasteiger charge is 2.18. The summed E-state index contributed by atoms with van der Waals surface area (Å²) in [5, 5.41) is 13.3. The van der Waals surface area contributed by atoms with Crippen LogP contribution in [-0.4, -0.2) is 35.8 Å². The van der Waals surface area contributed by atoms with Crippen molar-refractivity contribution in [1.29, 1.82) is 0 Å². The van der Waals surface area contributed by atoms with E-state index in [1.165, 1.54) is 0 Å². The Kier molecular flexibility index (Phi) is 4.97. The number of benzene rings is 1. The van der Waals surface area contributed by atoms with Crippen molar-refractivity contribution in [3.63, 3.8) is 0 Å². The van der Waals surface area contributed by atoms with Crippen molar-refractivity contribution < 1.29 is 9.53 Å². The van der Waals surface area contributed by atoms with Gasteiger partial charge in [0.05, 0.1) is 12.7 Å². The Hall–Kier alpha value is -2.18. The van der Waals surface area contributed by atoms with Gasteiger partial charge in [-0.25, -0.2) is 0 Å². The maximum absolute atomic E-state index is 12.5. The normalized spacial score (nSPS) is 17.7. The van der Waals surface area contributed by atoms with Crippen LogP contribution in [0.4, 0.5) is 5.69 Å². The van der Waals surface area contributed by atoms with E-state index in [-0.39, 0.29) is 12.0 Å². The highest BCUT2D eigenvalue weighted by Crippen LogP contribution is 2.24. The molecule has 1 unspecified atom stereocenters. The average molecular weight is 328 g/mol. The second-order valence-corrected chi connectivity index (χ2v) is 6.12. The Bertz CT molecular complexity index is 733. The van der Waals surface area contributed by atoms with Crippen LogP contribution in [0.3, 0.4) is 0 Å². The van der Waals surface area contributed by atoms with Crippen LogP contribution in [0.2, 0.25) is 0 Å². The summed E-state index contributed by atoms with van der Waals surface area (Å²) in [7, 11) is 0. The zero-order chi connectivity index (χ0) is 17.1. The van der Waals surface area contributed by atoms with Gasteiger partial charge in [-0.05, 0) is 37.5 Å². The summed E-state index contributed by atoms with van der Waals surface area (Å²) in [5.41, 5.74) is 5.30. The Balaban J connectivity index is 1.75. The molecule has 1 aromatic carbocycles. The Morgan fingerprint density at radius 2 is 2.25 bits per heavy atom.